The van der Waals surface area contributed by atoms with E-state index >= 15 is 0 Å². The molecule has 0 spiro atoms. The third-order valence-corrected chi connectivity index (χ3v) is 5.29. The number of imidazole rings is 1. The standard InChI is InChI=1S/C20H18FN3O4/c21-12-8-14(19-17(9-12)27-6-7-28-19)15-2-1-5-23(15)13-3-4-18-22-10-16(20(25)26)24(18)11-13/h3-4,8-11,15H,1-2,5-7H2,(H,25,26). The molecular formula is C20H18FN3O4. The maximum absolute atomic E-state index is 14.2. The van der Waals surface area contributed by atoms with Crippen molar-refractivity contribution in [2.75, 3.05) is 24.7 Å². The van der Waals surface area contributed by atoms with Gasteiger partial charge in [-0.1, -0.05) is 0 Å². The second kappa shape index (κ2) is 6.40. The fraction of sp³-hybridized carbons (Fsp3) is 0.300. The van der Waals surface area contributed by atoms with Gasteiger partial charge in [-0.25, -0.2) is 14.2 Å². The Kier molecular flexibility index (Phi) is 3.85. The Bertz CT molecular complexity index is 1080. The number of pyridine rings is 1. The third-order valence-electron chi connectivity index (χ3n) is 5.29. The summed E-state index contributed by atoms with van der Waals surface area (Å²) in [5.41, 5.74) is 2.28. The van der Waals surface area contributed by atoms with Crippen molar-refractivity contribution in [2.45, 2.75) is 18.9 Å². The molecule has 3 aromatic rings. The molecule has 1 fully saturated rings. The molecule has 1 unspecified atom stereocenters. The summed E-state index contributed by atoms with van der Waals surface area (Å²) >= 11 is 0. The van der Waals surface area contributed by atoms with Gasteiger partial charge in [0.05, 0.1) is 17.9 Å². The maximum Gasteiger partial charge on any atom is 0.354 e. The molecule has 1 N–H and O–H groups in total. The van der Waals surface area contributed by atoms with Gasteiger partial charge in [0.1, 0.15) is 24.7 Å². The van der Waals surface area contributed by atoms with Crippen molar-refractivity contribution in [2.24, 2.45) is 0 Å². The van der Waals surface area contributed by atoms with Crippen LogP contribution in [0.2, 0.25) is 0 Å². The van der Waals surface area contributed by atoms with Gasteiger partial charge >= 0.3 is 5.97 Å². The SMILES string of the molecule is O=C(O)c1cnc2ccc(N3CCCC3c3cc(F)cc4c3OCCO4)cn12. The predicted octanol–water partition coefficient (Wildman–Crippen LogP) is 3.28. The second-order valence-corrected chi connectivity index (χ2v) is 6.93. The lowest BCUT2D eigenvalue weighted by molar-refractivity contribution is 0.0689. The molecule has 2 aromatic heterocycles. The van der Waals surface area contributed by atoms with Crippen molar-refractivity contribution in [1.29, 1.82) is 0 Å². The first-order valence-electron chi connectivity index (χ1n) is 9.18. The molecule has 0 amide bonds. The smallest absolute Gasteiger partial charge is 0.354 e. The highest BCUT2D eigenvalue weighted by atomic mass is 19.1. The van der Waals surface area contributed by atoms with Gasteiger partial charge in [-0.15, -0.1) is 0 Å². The summed E-state index contributed by atoms with van der Waals surface area (Å²) < 4.78 is 27.2. The molecule has 7 nitrogen and oxygen atoms in total. The zero-order valence-electron chi connectivity index (χ0n) is 15.0. The summed E-state index contributed by atoms with van der Waals surface area (Å²) in [5, 5.41) is 9.37. The predicted molar refractivity (Wildman–Crippen MR) is 98.9 cm³/mol. The Morgan fingerprint density at radius 2 is 2.11 bits per heavy atom. The van der Waals surface area contributed by atoms with Crippen LogP contribution in [0.4, 0.5) is 10.1 Å². The highest BCUT2D eigenvalue weighted by molar-refractivity contribution is 5.86. The Balaban J connectivity index is 1.58. The minimum absolute atomic E-state index is 0.0830. The lowest BCUT2D eigenvalue weighted by atomic mass is 10.0. The van der Waals surface area contributed by atoms with Crippen LogP contribution < -0.4 is 14.4 Å². The van der Waals surface area contributed by atoms with Crippen molar-refractivity contribution in [1.82, 2.24) is 9.38 Å². The number of carbonyl (C=O) groups is 1. The number of nitrogens with zero attached hydrogens (tertiary/aromatic N) is 3. The van der Waals surface area contributed by atoms with Crippen molar-refractivity contribution in [3.8, 4) is 11.5 Å². The number of aromatic nitrogens is 2. The van der Waals surface area contributed by atoms with E-state index in [-0.39, 0.29) is 17.6 Å². The number of carboxylic acids is 1. The number of aromatic carboxylic acids is 1. The van der Waals surface area contributed by atoms with Crippen LogP contribution in [-0.2, 0) is 0 Å². The van der Waals surface area contributed by atoms with E-state index in [2.05, 4.69) is 9.88 Å². The summed E-state index contributed by atoms with van der Waals surface area (Å²) in [6.45, 7) is 1.61. The number of hydrogen-bond acceptors (Lipinski definition) is 5. The molecule has 2 aliphatic heterocycles. The molecule has 0 bridgehead atoms. The molecule has 2 aliphatic rings. The zero-order valence-corrected chi connectivity index (χ0v) is 15.0. The van der Waals surface area contributed by atoms with E-state index in [0.29, 0.717) is 30.4 Å². The van der Waals surface area contributed by atoms with Gasteiger partial charge in [0.2, 0.25) is 0 Å². The number of ether oxygens (including phenoxy) is 2. The van der Waals surface area contributed by atoms with Crippen LogP contribution >= 0.6 is 0 Å². The molecule has 0 aliphatic carbocycles. The molecule has 8 heteroatoms. The second-order valence-electron chi connectivity index (χ2n) is 6.93. The van der Waals surface area contributed by atoms with E-state index in [1.54, 1.807) is 16.7 Å². The fourth-order valence-corrected chi connectivity index (χ4v) is 4.09. The number of halogens is 1. The highest BCUT2D eigenvalue weighted by Gasteiger charge is 2.32. The number of anilines is 1. The Hall–Kier alpha value is -3.29. The summed E-state index contributed by atoms with van der Waals surface area (Å²) in [6, 6.07) is 6.48. The van der Waals surface area contributed by atoms with Gasteiger partial charge in [0.25, 0.3) is 0 Å². The number of fused-ring (bicyclic) bond motifs is 2. The highest BCUT2D eigenvalue weighted by Crippen LogP contribution is 2.45. The van der Waals surface area contributed by atoms with E-state index < -0.39 is 5.97 Å². The Morgan fingerprint density at radius 3 is 2.96 bits per heavy atom. The van der Waals surface area contributed by atoms with Gasteiger partial charge in [-0.2, -0.15) is 0 Å². The van der Waals surface area contributed by atoms with Gasteiger partial charge in [0.15, 0.2) is 17.2 Å². The van der Waals surface area contributed by atoms with E-state index in [9.17, 15) is 14.3 Å². The molecule has 28 heavy (non-hydrogen) atoms. The summed E-state index contributed by atoms with van der Waals surface area (Å²) in [7, 11) is 0. The molecule has 5 rings (SSSR count). The zero-order chi connectivity index (χ0) is 19.3. The molecule has 144 valence electrons. The Labute approximate surface area is 159 Å². The number of carboxylic acid groups (broad SMARTS) is 1. The minimum Gasteiger partial charge on any atom is -0.486 e. The first-order valence-corrected chi connectivity index (χ1v) is 9.18. The van der Waals surface area contributed by atoms with Crippen LogP contribution in [0.5, 0.6) is 11.5 Å². The average Bonchev–Trinajstić information content (AvgIpc) is 3.33. The molecular weight excluding hydrogens is 365 g/mol. The normalized spacial score (nSPS) is 18.6. The molecule has 1 atom stereocenters. The van der Waals surface area contributed by atoms with Crippen molar-refractivity contribution in [3.63, 3.8) is 0 Å². The first kappa shape index (κ1) is 16.9. The van der Waals surface area contributed by atoms with Crippen LogP contribution in [0.1, 0.15) is 34.9 Å². The topological polar surface area (TPSA) is 76.3 Å². The van der Waals surface area contributed by atoms with Gasteiger partial charge < -0.3 is 19.5 Å². The van der Waals surface area contributed by atoms with Gasteiger partial charge in [0, 0.05) is 24.4 Å². The summed E-state index contributed by atoms with van der Waals surface area (Å²) in [6.07, 6.45) is 4.89. The van der Waals surface area contributed by atoms with E-state index in [0.717, 1.165) is 30.6 Å². The van der Waals surface area contributed by atoms with Gasteiger partial charge in [-0.05, 0) is 31.0 Å². The summed E-state index contributed by atoms with van der Waals surface area (Å²) in [5.74, 6) is -0.359. The number of hydrogen-bond donors (Lipinski definition) is 1. The summed E-state index contributed by atoms with van der Waals surface area (Å²) in [4.78, 5) is 17.7. The monoisotopic (exact) mass is 383 g/mol. The lowest BCUT2D eigenvalue weighted by Crippen LogP contribution is -2.25. The molecule has 1 aromatic carbocycles. The molecule has 4 heterocycles. The lowest BCUT2D eigenvalue weighted by Gasteiger charge is -2.30. The van der Waals surface area contributed by atoms with Crippen LogP contribution in [0.3, 0.4) is 0 Å². The number of rotatable bonds is 3. The molecule has 0 saturated carbocycles. The van der Waals surface area contributed by atoms with E-state index in [1.165, 1.54) is 18.3 Å². The van der Waals surface area contributed by atoms with Crippen molar-refractivity contribution < 1.29 is 23.8 Å². The van der Waals surface area contributed by atoms with Crippen LogP contribution in [-0.4, -0.2) is 40.2 Å². The van der Waals surface area contributed by atoms with E-state index in [1.807, 2.05) is 6.07 Å². The van der Waals surface area contributed by atoms with Crippen molar-refractivity contribution >= 4 is 17.3 Å². The van der Waals surface area contributed by atoms with Crippen LogP contribution in [0, 0.1) is 5.82 Å². The quantitative estimate of drug-likeness (QED) is 0.748. The molecule has 1 saturated heterocycles. The van der Waals surface area contributed by atoms with Crippen molar-refractivity contribution in [3.05, 3.63) is 53.7 Å². The maximum atomic E-state index is 14.2. The number of benzene rings is 1. The minimum atomic E-state index is -1.03. The fourth-order valence-electron chi connectivity index (χ4n) is 4.09. The average molecular weight is 383 g/mol. The van der Waals surface area contributed by atoms with Crippen LogP contribution in [0.25, 0.3) is 5.65 Å². The van der Waals surface area contributed by atoms with E-state index in [4.69, 9.17) is 9.47 Å². The first-order chi connectivity index (χ1) is 13.6. The Morgan fingerprint density at radius 1 is 1.25 bits per heavy atom. The molecule has 0 radical (unpaired) electrons. The third kappa shape index (κ3) is 2.64. The largest absolute Gasteiger partial charge is 0.486 e. The van der Waals surface area contributed by atoms with Gasteiger partial charge in [-0.3, -0.25) is 4.40 Å². The van der Waals surface area contributed by atoms with Crippen LogP contribution in [0.15, 0.2) is 36.7 Å².